The van der Waals surface area contributed by atoms with Crippen molar-refractivity contribution in [1.29, 1.82) is 0 Å². The number of aromatic nitrogens is 2. The summed E-state index contributed by atoms with van der Waals surface area (Å²) in [5.41, 5.74) is 3.42. The van der Waals surface area contributed by atoms with E-state index in [0.29, 0.717) is 21.6 Å². The van der Waals surface area contributed by atoms with Crippen LogP contribution in [0.1, 0.15) is 130 Å². The van der Waals surface area contributed by atoms with Gasteiger partial charge in [0.1, 0.15) is 0 Å². The van der Waals surface area contributed by atoms with Gasteiger partial charge in [0.05, 0.1) is 52.0 Å². The molecule has 5 heterocycles. The first-order valence-electron chi connectivity index (χ1n) is 21.0. The first kappa shape index (κ1) is 41.4. The van der Waals surface area contributed by atoms with E-state index in [1.54, 1.807) is 23.5 Å². The predicted molar refractivity (Wildman–Crippen MR) is 239 cm³/mol. The molecule has 2 aromatic carbocycles. The largest absolute Gasteiger partial charge is 0.337 e. The Hall–Kier alpha value is -4.98. The molecule has 2 unspecified atom stereocenters. The molecule has 2 aliphatic rings. The molecule has 9 rings (SSSR count). The maximum atomic E-state index is 14.1. The minimum atomic E-state index is -1.18. The van der Waals surface area contributed by atoms with Crippen molar-refractivity contribution < 1.29 is 36.7 Å². The number of nitrogens with zero attached hydrogens (tertiary/aromatic N) is 2. The second-order valence-corrected chi connectivity index (χ2v) is 19.5. The molecule has 6 nitrogen and oxygen atoms in total. The Bertz CT molecular complexity index is 2790. The number of allylic oxidation sites excluding steroid dienone is 2. The standard InChI is InChI=1S/C48H42F4N2O4S3/c1-5-9-11-23(7-3)21-53-37-15-25(13-31-41(55)27-17-33(49)34(50)18-28(27)42(31)56)59-45(37)47-39(53)40-48(61-47)46-38(54(40)22-24(8-4)12-10-6-2)16-26(60-46)14-32-43(57)29-19-35(51)36(52)20-30(29)44(32)58/h13-20,23-24H,5-12,21-22H2,1-4H3. The summed E-state index contributed by atoms with van der Waals surface area (Å²) in [6.07, 6.45) is 11.5. The maximum absolute atomic E-state index is 14.1. The summed E-state index contributed by atoms with van der Waals surface area (Å²) in [6, 6.07) is 7.22. The van der Waals surface area contributed by atoms with Gasteiger partial charge in [-0.05, 0) is 73.2 Å². The van der Waals surface area contributed by atoms with Crippen LogP contribution >= 0.6 is 34.0 Å². The number of benzene rings is 2. The second kappa shape index (κ2) is 16.0. The lowest BCUT2D eigenvalue weighted by Gasteiger charge is -2.19. The topological polar surface area (TPSA) is 78.1 Å². The zero-order chi connectivity index (χ0) is 43.0. The van der Waals surface area contributed by atoms with Crippen LogP contribution in [0.2, 0.25) is 0 Å². The van der Waals surface area contributed by atoms with Crippen LogP contribution in [0.4, 0.5) is 17.6 Å². The van der Waals surface area contributed by atoms with Gasteiger partial charge in [0.25, 0.3) is 0 Å². The van der Waals surface area contributed by atoms with Crippen molar-refractivity contribution in [3.8, 4) is 0 Å². The average molecular weight is 883 g/mol. The van der Waals surface area contributed by atoms with Gasteiger partial charge in [0.2, 0.25) is 0 Å². The first-order valence-corrected chi connectivity index (χ1v) is 23.4. The Kier molecular flexibility index (Phi) is 10.9. The highest BCUT2D eigenvalue weighted by Gasteiger charge is 2.37. The fourth-order valence-electron chi connectivity index (χ4n) is 9.04. The van der Waals surface area contributed by atoms with Crippen LogP contribution in [-0.2, 0) is 13.1 Å². The number of carbonyl (C=O) groups is 4. The van der Waals surface area contributed by atoms with Crippen LogP contribution in [0, 0.1) is 35.1 Å². The number of fused-ring (bicyclic) bond motifs is 9. The lowest BCUT2D eigenvalue weighted by atomic mass is 9.99. The fourth-order valence-corrected chi connectivity index (χ4v) is 12.8. The van der Waals surface area contributed by atoms with E-state index in [9.17, 15) is 36.7 Å². The molecule has 0 N–H and O–H groups in total. The van der Waals surface area contributed by atoms with Gasteiger partial charge in [-0.25, -0.2) is 17.6 Å². The van der Waals surface area contributed by atoms with Crippen molar-refractivity contribution in [3.63, 3.8) is 0 Å². The zero-order valence-electron chi connectivity index (χ0n) is 34.1. The maximum Gasteiger partial charge on any atom is 0.197 e. The molecule has 2 aliphatic carbocycles. The first-order chi connectivity index (χ1) is 29.4. The molecule has 0 saturated carbocycles. The monoisotopic (exact) mass is 882 g/mol. The third kappa shape index (κ3) is 6.78. The van der Waals surface area contributed by atoms with Crippen molar-refractivity contribution in [3.05, 3.63) is 103 Å². The van der Waals surface area contributed by atoms with E-state index in [1.165, 1.54) is 22.7 Å². The molecule has 0 saturated heterocycles. The minimum Gasteiger partial charge on any atom is -0.337 e. The van der Waals surface area contributed by atoms with E-state index in [1.807, 2.05) is 12.1 Å². The van der Waals surface area contributed by atoms with Crippen LogP contribution in [0.5, 0.6) is 0 Å². The second-order valence-electron chi connectivity index (χ2n) is 16.3. The Morgan fingerprint density at radius 1 is 0.508 bits per heavy atom. The van der Waals surface area contributed by atoms with Gasteiger partial charge in [-0.1, -0.05) is 66.2 Å². The minimum absolute atomic E-state index is 0.124. The Morgan fingerprint density at radius 3 is 1.16 bits per heavy atom. The lowest BCUT2D eigenvalue weighted by Crippen LogP contribution is -2.12. The summed E-state index contributed by atoms with van der Waals surface area (Å²) in [4.78, 5) is 55.0. The number of hydrogen-bond donors (Lipinski definition) is 0. The summed E-state index contributed by atoms with van der Waals surface area (Å²) < 4.78 is 65.6. The molecule has 7 aromatic rings. The van der Waals surface area contributed by atoms with Gasteiger partial charge >= 0.3 is 0 Å². The van der Waals surface area contributed by atoms with Crippen molar-refractivity contribution in [1.82, 2.24) is 9.13 Å². The Labute approximate surface area is 361 Å². The molecule has 2 atom stereocenters. The molecule has 0 amide bonds. The summed E-state index contributed by atoms with van der Waals surface area (Å²) in [5.74, 6) is -6.47. The van der Waals surface area contributed by atoms with Crippen LogP contribution in [0.15, 0.2) is 47.5 Å². The summed E-state index contributed by atoms with van der Waals surface area (Å²) >= 11 is 4.62. The number of ketones is 4. The van der Waals surface area contributed by atoms with Gasteiger partial charge in [0.15, 0.2) is 46.4 Å². The van der Waals surface area contributed by atoms with Gasteiger partial charge in [-0.2, -0.15) is 0 Å². The fraction of sp³-hybridized carbons (Fsp3) is 0.333. The van der Waals surface area contributed by atoms with Gasteiger partial charge in [-0.3, -0.25) is 19.2 Å². The van der Waals surface area contributed by atoms with Crippen molar-refractivity contribution in [2.45, 2.75) is 92.2 Å². The Morgan fingerprint density at radius 2 is 0.852 bits per heavy atom. The molecular weight excluding hydrogens is 841 g/mol. The molecular formula is C48H42F4N2O4S3. The van der Waals surface area contributed by atoms with Crippen molar-refractivity contribution in [2.75, 3.05) is 0 Å². The number of hydrogen-bond acceptors (Lipinski definition) is 7. The van der Waals surface area contributed by atoms with Crippen molar-refractivity contribution >= 4 is 110 Å². The molecule has 0 aliphatic heterocycles. The summed E-state index contributed by atoms with van der Waals surface area (Å²) in [6.45, 7) is 10.3. The molecule has 0 spiro atoms. The average Bonchev–Trinajstić information content (AvgIpc) is 4.10. The number of thiophene rings is 3. The highest BCUT2D eigenvalue weighted by molar-refractivity contribution is 7.34. The molecule has 13 heteroatoms. The number of Topliss-reactive ketones (excluding diaryl/α,β-unsaturated/α-hetero) is 4. The van der Waals surface area contributed by atoms with Gasteiger partial charge < -0.3 is 9.13 Å². The van der Waals surface area contributed by atoms with E-state index in [-0.39, 0.29) is 33.4 Å². The molecule has 0 radical (unpaired) electrons. The van der Waals surface area contributed by atoms with Gasteiger partial charge in [-0.15, -0.1) is 34.0 Å². The molecule has 314 valence electrons. The molecule has 0 bridgehead atoms. The van der Waals surface area contributed by atoms with Crippen LogP contribution < -0.4 is 0 Å². The number of rotatable bonds is 14. The van der Waals surface area contributed by atoms with E-state index in [2.05, 4.69) is 36.8 Å². The molecule has 5 aromatic heterocycles. The highest BCUT2D eigenvalue weighted by Crippen LogP contribution is 2.50. The predicted octanol–water partition coefficient (Wildman–Crippen LogP) is 14.0. The van der Waals surface area contributed by atoms with E-state index < -0.39 is 46.4 Å². The normalized spacial score (nSPS) is 15.1. The number of halogens is 4. The van der Waals surface area contributed by atoms with Crippen molar-refractivity contribution in [2.24, 2.45) is 11.8 Å². The Balaban J connectivity index is 1.23. The zero-order valence-corrected chi connectivity index (χ0v) is 36.6. The number of carbonyl (C=O) groups excluding carboxylic acids is 4. The smallest absolute Gasteiger partial charge is 0.197 e. The number of unbranched alkanes of at least 4 members (excludes halogenated alkanes) is 2. The highest BCUT2D eigenvalue weighted by atomic mass is 32.1. The quantitative estimate of drug-likeness (QED) is 0.0619. The van der Waals surface area contributed by atoms with Gasteiger partial charge in [0, 0.05) is 45.1 Å². The van der Waals surface area contributed by atoms with E-state index >= 15 is 0 Å². The lowest BCUT2D eigenvalue weighted by molar-refractivity contribution is 0.0975. The molecule has 0 fully saturated rings. The van der Waals surface area contributed by atoms with Crippen LogP contribution in [-0.4, -0.2) is 32.3 Å². The third-order valence-electron chi connectivity index (χ3n) is 12.5. The van der Waals surface area contributed by atoms with E-state index in [0.717, 1.165) is 130 Å². The van der Waals surface area contributed by atoms with Crippen LogP contribution in [0.25, 0.3) is 53.0 Å². The van der Waals surface area contributed by atoms with E-state index in [4.69, 9.17) is 0 Å². The summed E-state index contributed by atoms with van der Waals surface area (Å²) in [7, 11) is 0. The molecule has 61 heavy (non-hydrogen) atoms. The SMILES string of the molecule is CCCCC(CC)Cn1c2cc(C=C3C(=O)c4cc(F)c(F)cc4C3=O)sc2c2sc3c4sc(C=C5C(=O)c6cc(F)c(F)cc6C5=O)cc4n(CC(CC)CCCC)c3c21. The summed E-state index contributed by atoms with van der Waals surface area (Å²) in [5, 5.41) is 0. The van der Waals surface area contributed by atoms with Crippen LogP contribution in [0.3, 0.4) is 0 Å². The third-order valence-corrected chi connectivity index (χ3v) is 16.1.